The number of hydrogen-bond acceptors (Lipinski definition) is 4. The Bertz CT molecular complexity index is 642. The summed E-state index contributed by atoms with van der Waals surface area (Å²) >= 11 is 0. The molecule has 0 fully saturated rings. The maximum absolute atomic E-state index is 12.1. The molecule has 0 radical (unpaired) electrons. The number of methoxy groups -OCH3 is 1. The van der Waals surface area contributed by atoms with Crippen LogP contribution in [0.1, 0.15) is 15.9 Å². The number of phenolic OH excluding ortho intramolecular Hbond substituents is 2. The molecule has 2 aromatic carbocycles. The van der Waals surface area contributed by atoms with E-state index in [1.807, 2.05) is 0 Å². The fourth-order valence-corrected chi connectivity index (χ4v) is 1.78. The number of phenols is 2. The van der Waals surface area contributed by atoms with Gasteiger partial charge in [-0.05, 0) is 35.9 Å². The molecule has 0 spiro atoms. The first-order valence-electron chi connectivity index (χ1n) is 5.99. The van der Waals surface area contributed by atoms with Crippen molar-refractivity contribution in [3.8, 4) is 17.2 Å². The first kappa shape index (κ1) is 13.7. The molecule has 20 heavy (non-hydrogen) atoms. The van der Waals surface area contributed by atoms with Gasteiger partial charge in [0.05, 0.1) is 7.11 Å². The second-order valence-electron chi connectivity index (χ2n) is 4.14. The van der Waals surface area contributed by atoms with Crippen LogP contribution in [0.25, 0.3) is 6.08 Å². The maximum atomic E-state index is 12.1. The Kier molecular flexibility index (Phi) is 4.05. The van der Waals surface area contributed by atoms with Gasteiger partial charge in [0.2, 0.25) is 0 Å². The maximum Gasteiger partial charge on any atom is 0.193 e. The summed E-state index contributed by atoms with van der Waals surface area (Å²) in [5.41, 5.74) is 0.899. The first-order valence-corrected chi connectivity index (χ1v) is 5.99. The van der Waals surface area contributed by atoms with Gasteiger partial charge in [0.25, 0.3) is 0 Å². The van der Waals surface area contributed by atoms with Gasteiger partial charge in [-0.3, -0.25) is 4.79 Å². The van der Waals surface area contributed by atoms with E-state index in [0.29, 0.717) is 5.75 Å². The van der Waals surface area contributed by atoms with Crippen LogP contribution in [0.3, 0.4) is 0 Å². The molecule has 2 aromatic rings. The highest BCUT2D eigenvalue weighted by Crippen LogP contribution is 2.28. The molecule has 0 heterocycles. The number of allylic oxidation sites excluding steroid dienone is 1. The lowest BCUT2D eigenvalue weighted by Gasteiger charge is -2.07. The third-order valence-corrected chi connectivity index (χ3v) is 2.79. The normalized spacial score (nSPS) is 10.7. The Morgan fingerprint density at radius 2 is 1.80 bits per heavy atom. The van der Waals surface area contributed by atoms with Crippen LogP contribution >= 0.6 is 0 Å². The molecule has 0 aliphatic carbocycles. The van der Waals surface area contributed by atoms with Gasteiger partial charge in [-0.2, -0.15) is 0 Å². The Morgan fingerprint density at radius 1 is 1.10 bits per heavy atom. The number of ketones is 1. The highest BCUT2D eigenvalue weighted by atomic mass is 16.5. The lowest BCUT2D eigenvalue weighted by Crippen LogP contribution is -1.99. The predicted molar refractivity (Wildman–Crippen MR) is 76.1 cm³/mol. The zero-order chi connectivity index (χ0) is 14.5. The molecule has 0 amide bonds. The van der Waals surface area contributed by atoms with Gasteiger partial charge in [0, 0.05) is 0 Å². The summed E-state index contributed by atoms with van der Waals surface area (Å²) in [5, 5.41) is 18.9. The van der Waals surface area contributed by atoms with E-state index in [1.165, 1.54) is 31.4 Å². The second kappa shape index (κ2) is 5.93. The SMILES string of the molecule is COc1cccc(O)c1C(=O)/C=C/c1ccc(O)cc1. The van der Waals surface area contributed by atoms with E-state index in [0.717, 1.165) is 5.56 Å². The molecule has 0 aromatic heterocycles. The van der Waals surface area contributed by atoms with Crippen LogP contribution in [0, 0.1) is 0 Å². The summed E-state index contributed by atoms with van der Waals surface area (Å²) < 4.78 is 5.07. The van der Waals surface area contributed by atoms with Crippen molar-refractivity contribution in [2.24, 2.45) is 0 Å². The van der Waals surface area contributed by atoms with Crippen molar-refractivity contribution in [1.82, 2.24) is 0 Å². The van der Waals surface area contributed by atoms with E-state index >= 15 is 0 Å². The standard InChI is InChI=1S/C16H14O4/c1-20-15-4-2-3-13(18)16(15)14(19)10-7-11-5-8-12(17)9-6-11/h2-10,17-18H,1H3/b10-7+. The van der Waals surface area contributed by atoms with Gasteiger partial charge < -0.3 is 14.9 Å². The quantitative estimate of drug-likeness (QED) is 0.662. The summed E-state index contributed by atoms with van der Waals surface area (Å²) in [4.78, 5) is 12.1. The fourth-order valence-electron chi connectivity index (χ4n) is 1.78. The van der Waals surface area contributed by atoms with E-state index in [9.17, 15) is 15.0 Å². The number of carbonyl (C=O) groups is 1. The summed E-state index contributed by atoms with van der Waals surface area (Å²) in [6, 6.07) is 11.1. The van der Waals surface area contributed by atoms with E-state index in [4.69, 9.17) is 4.74 Å². The summed E-state index contributed by atoms with van der Waals surface area (Å²) in [6.45, 7) is 0. The predicted octanol–water partition coefficient (Wildman–Crippen LogP) is 3.00. The zero-order valence-electron chi connectivity index (χ0n) is 10.9. The van der Waals surface area contributed by atoms with E-state index in [2.05, 4.69) is 0 Å². The third kappa shape index (κ3) is 2.98. The molecule has 4 nitrogen and oxygen atoms in total. The molecule has 0 saturated heterocycles. The van der Waals surface area contributed by atoms with Gasteiger partial charge in [0.15, 0.2) is 5.78 Å². The van der Waals surface area contributed by atoms with Gasteiger partial charge in [0.1, 0.15) is 22.8 Å². The molecule has 0 atom stereocenters. The summed E-state index contributed by atoms with van der Waals surface area (Å²) in [7, 11) is 1.44. The minimum Gasteiger partial charge on any atom is -0.508 e. The molecule has 102 valence electrons. The van der Waals surface area contributed by atoms with Crippen LogP contribution in [-0.4, -0.2) is 23.1 Å². The molecule has 0 saturated carbocycles. The number of carbonyl (C=O) groups excluding carboxylic acids is 1. The molecule has 4 heteroatoms. The Balaban J connectivity index is 2.26. The van der Waals surface area contributed by atoms with Crippen molar-refractivity contribution in [3.63, 3.8) is 0 Å². The topological polar surface area (TPSA) is 66.8 Å². The molecule has 2 N–H and O–H groups in total. The fraction of sp³-hybridized carbons (Fsp3) is 0.0625. The van der Waals surface area contributed by atoms with Gasteiger partial charge in [-0.1, -0.05) is 24.3 Å². The molecular weight excluding hydrogens is 256 g/mol. The molecule has 0 aliphatic heterocycles. The lowest BCUT2D eigenvalue weighted by atomic mass is 10.1. The summed E-state index contributed by atoms with van der Waals surface area (Å²) in [6.07, 6.45) is 2.96. The van der Waals surface area contributed by atoms with Crippen molar-refractivity contribution in [2.75, 3.05) is 7.11 Å². The van der Waals surface area contributed by atoms with Gasteiger partial charge in [-0.25, -0.2) is 0 Å². The molecule has 0 bridgehead atoms. The smallest absolute Gasteiger partial charge is 0.193 e. The molecule has 2 rings (SSSR count). The highest BCUT2D eigenvalue weighted by Gasteiger charge is 2.14. The van der Waals surface area contributed by atoms with Gasteiger partial charge in [-0.15, -0.1) is 0 Å². The van der Waals surface area contributed by atoms with Crippen LogP contribution < -0.4 is 4.74 Å². The van der Waals surface area contributed by atoms with Crippen LogP contribution in [0.4, 0.5) is 0 Å². The lowest BCUT2D eigenvalue weighted by molar-refractivity contribution is 0.104. The average molecular weight is 270 g/mol. The Labute approximate surface area is 116 Å². The number of hydrogen-bond donors (Lipinski definition) is 2. The number of benzene rings is 2. The monoisotopic (exact) mass is 270 g/mol. The highest BCUT2D eigenvalue weighted by molar-refractivity contribution is 6.10. The van der Waals surface area contributed by atoms with Crippen LogP contribution in [0.2, 0.25) is 0 Å². The third-order valence-electron chi connectivity index (χ3n) is 2.79. The van der Waals surface area contributed by atoms with E-state index in [-0.39, 0.29) is 22.8 Å². The van der Waals surface area contributed by atoms with Crippen LogP contribution in [-0.2, 0) is 0 Å². The van der Waals surface area contributed by atoms with Crippen LogP contribution in [0.15, 0.2) is 48.5 Å². The second-order valence-corrected chi connectivity index (χ2v) is 4.14. The largest absolute Gasteiger partial charge is 0.508 e. The van der Waals surface area contributed by atoms with Crippen molar-refractivity contribution in [2.45, 2.75) is 0 Å². The van der Waals surface area contributed by atoms with Crippen molar-refractivity contribution in [1.29, 1.82) is 0 Å². The Morgan fingerprint density at radius 3 is 2.45 bits per heavy atom. The van der Waals surface area contributed by atoms with Crippen LogP contribution in [0.5, 0.6) is 17.2 Å². The molecular formula is C16H14O4. The minimum absolute atomic E-state index is 0.121. The average Bonchev–Trinajstić information content (AvgIpc) is 2.46. The Hall–Kier alpha value is -2.75. The number of ether oxygens (including phenoxy) is 1. The summed E-state index contributed by atoms with van der Waals surface area (Å²) in [5.74, 6) is 0.0129. The van der Waals surface area contributed by atoms with Gasteiger partial charge >= 0.3 is 0 Å². The molecule has 0 unspecified atom stereocenters. The number of rotatable bonds is 4. The minimum atomic E-state index is -0.354. The van der Waals surface area contributed by atoms with Crippen molar-refractivity contribution < 1.29 is 19.7 Å². The van der Waals surface area contributed by atoms with E-state index < -0.39 is 0 Å². The zero-order valence-corrected chi connectivity index (χ0v) is 10.9. The van der Waals surface area contributed by atoms with Crippen molar-refractivity contribution >= 4 is 11.9 Å². The molecule has 0 aliphatic rings. The van der Waals surface area contributed by atoms with E-state index in [1.54, 1.807) is 30.3 Å². The number of aromatic hydroxyl groups is 2. The van der Waals surface area contributed by atoms with Crippen molar-refractivity contribution in [3.05, 3.63) is 59.7 Å². The first-order chi connectivity index (χ1) is 9.61.